The summed E-state index contributed by atoms with van der Waals surface area (Å²) in [5.74, 6) is -0.554. The minimum Gasteiger partial charge on any atom is -0.432 e. The first-order valence-corrected chi connectivity index (χ1v) is 11.3. The van der Waals surface area contributed by atoms with Crippen molar-refractivity contribution in [2.24, 2.45) is 11.8 Å². The molecule has 1 aromatic rings. The van der Waals surface area contributed by atoms with Gasteiger partial charge in [0.25, 0.3) is 0 Å². The Morgan fingerprint density at radius 1 is 0.903 bits per heavy atom. The Kier molecular flexibility index (Phi) is 9.90. The average Bonchev–Trinajstić information content (AvgIpc) is 2.77. The molecule has 3 rings (SSSR count). The molecular formula is C23H33F3O5. The van der Waals surface area contributed by atoms with E-state index in [2.05, 4.69) is 11.7 Å². The number of alkyl halides is 2. The van der Waals surface area contributed by atoms with Gasteiger partial charge in [-0.15, -0.1) is 0 Å². The second kappa shape index (κ2) is 12.6. The third kappa shape index (κ3) is 7.93. The van der Waals surface area contributed by atoms with Crippen LogP contribution in [-0.2, 0) is 18.9 Å². The number of hydrogen-bond acceptors (Lipinski definition) is 5. The van der Waals surface area contributed by atoms with E-state index in [-0.39, 0.29) is 12.2 Å². The first kappa shape index (κ1) is 24.3. The third-order valence-electron chi connectivity index (χ3n) is 5.71. The molecule has 2 aliphatic heterocycles. The van der Waals surface area contributed by atoms with Gasteiger partial charge >= 0.3 is 6.61 Å². The maximum atomic E-state index is 13.9. The minimum atomic E-state index is -3.07. The summed E-state index contributed by atoms with van der Waals surface area (Å²) in [6.45, 7) is 1.75. The van der Waals surface area contributed by atoms with E-state index in [4.69, 9.17) is 18.9 Å². The van der Waals surface area contributed by atoms with Crippen molar-refractivity contribution in [3.05, 3.63) is 29.6 Å². The molecule has 0 radical (unpaired) electrons. The van der Waals surface area contributed by atoms with Gasteiger partial charge < -0.3 is 23.7 Å². The number of benzene rings is 1. The van der Waals surface area contributed by atoms with Gasteiger partial charge in [0.1, 0.15) is 0 Å². The van der Waals surface area contributed by atoms with Crippen molar-refractivity contribution in [3.63, 3.8) is 0 Å². The van der Waals surface area contributed by atoms with E-state index >= 15 is 0 Å². The van der Waals surface area contributed by atoms with Crippen molar-refractivity contribution >= 4 is 0 Å². The van der Waals surface area contributed by atoms with E-state index in [0.717, 1.165) is 51.0 Å². The van der Waals surface area contributed by atoms with Gasteiger partial charge in [-0.1, -0.05) is 32.3 Å². The lowest BCUT2D eigenvalue weighted by atomic mass is 10.0. The topological polar surface area (TPSA) is 46.2 Å². The van der Waals surface area contributed by atoms with Crippen molar-refractivity contribution in [1.29, 1.82) is 0 Å². The van der Waals surface area contributed by atoms with Crippen LogP contribution in [0.1, 0.15) is 63.7 Å². The van der Waals surface area contributed by atoms with Crippen LogP contribution in [0, 0.1) is 17.7 Å². The van der Waals surface area contributed by atoms with Crippen LogP contribution in [0.2, 0.25) is 0 Å². The number of rotatable bonds is 11. The van der Waals surface area contributed by atoms with Crippen LogP contribution in [0.3, 0.4) is 0 Å². The molecule has 1 aromatic carbocycles. The van der Waals surface area contributed by atoms with Crippen LogP contribution in [0.5, 0.6) is 5.75 Å². The van der Waals surface area contributed by atoms with Crippen molar-refractivity contribution in [3.8, 4) is 5.75 Å². The van der Waals surface area contributed by atoms with Crippen LogP contribution in [0.25, 0.3) is 0 Å². The van der Waals surface area contributed by atoms with Gasteiger partial charge in [0.15, 0.2) is 24.1 Å². The highest BCUT2D eigenvalue weighted by Gasteiger charge is 2.25. The second-order valence-electron chi connectivity index (χ2n) is 8.32. The predicted molar refractivity (Wildman–Crippen MR) is 108 cm³/mol. The van der Waals surface area contributed by atoms with E-state index in [1.807, 2.05) is 0 Å². The lowest BCUT2D eigenvalue weighted by Crippen LogP contribution is -2.32. The summed E-state index contributed by atoms with van der Waals surface area (Å²) in [6.07, 6.45) is 6.71. The second-order valence-corrected chi connectivity index (χ2v) is 8.32. The zero-order valence-corrected chi connectivity index (χ0v) is 18.1. The Balaban J connectivity index is 1.29. The number of hydrogen-bond donors (Lipinski definition) is 0. The van der Waals surface area contributed by atoms with E-state index < -0.39 is 24.5 Å². The average molecular weight is 447 g/mol. The quantitative estimate of drug-likeness (QED) is 0.400. The van der Waals surface area contributed by atoms with Gasteiger partial charge in [-0.05, 0) is 37.8 Å². The number of unbranched alkanes of at least 4 members (excludes halogenated alkanes) is 2. The molecule has 0 N–H and O–H groups in total. The Hall–Kier alpha value is -1.35. The molecule has 0 aliphatic carbocycles. The largest absolute Gasteiger partial charge is 0.432 e. The molecule has 0 spiro atoms. The zero-order valence-electron chi connectivity index (χ0n) is 18.1. The van der Waals surface area contributed by atoms with Crippen molar-refractivity contribution < 1.29 is 36.9 Å². The Bertz CT molecular complexity index is 644. The van der Waals surface area contributed by atoms with Crippen LogP contribution >= 0.6 is 0 Å². The molecule has 2 fully saturated rings. The highest BCUT2D eigenvalue weighted by atomic mass is 19.3. The molecule has 2 heterocycles. The number of halogens is 3. The van der Waals surface area contributed by atoms with E-state index in [1.165, 1.54) is 25.3 Å². The van der Waals surface area contributed by atoms with Gasteiger partial charge in [-0.3, -0.25) is 0 Å². The summed E-state index contributed by atoms with van der Waals surface area (Å²) in [6, 6.07) is 3.75. The lowest BCUT2D eigenvalue weighted by Gasteiger charge is -2.30. The molecule has 0 amide bonds. The van der Waals surface area contributed by atoms with Crippen molar-refractivity contribution in [1.82, 2.24) is 0 Å². The lowest BCUT2D eigenvalue weighted by molar-refractivity contribution is -0.208. The summed E-state index contributed by atoms with van der Waals surface area (Å²) in [5.41, 5.74) is 0.446. The highest BCUT2D eigenvalue weighted by molar-refractivity contribution is 5.30. The van der Waals surface area contributed by atoms with Crippen LogP contribution in [0.15, 0.2) is 18.2 Å². The summed E-state index contributed by atoms with van der Waals surface area (Å²) >= 11 is 0. The molecule has 0 atom stereocenters. The number of ether oxygens (including phenoxy) is 5. The summed E-state index contributed by atoms with van der Waals surface area (Å²) < 4.78 is 65.6. The van der Waals surface area contributed by atoms with Gasteiger partial charge in [-0.25, -0.2) is 4.39 Å². The smallest absolute Gasteiger partial charge is 0.387 e. The molecule has 176 valence electrons. The zero-order chi connectivity index (χ0) is 22.1. The first-order chi connectivity index (χ1) is 15.0. The molecule has 2 saturated heterocycles. The van der Waals surface area contributed by atoms with E-state index in [0.29, 0.717) is 24.7 Å². The predicted octanol–water partition coefficient (Wildman–Crippen LogP) is 5.83. The molecule has 5 nitrogen and oxygen atoms in total. The first-order valence-electron chi connectivity index (χ1n) is 11.3. The monoisotopic (exact) mass is 446 g/mol. The fourth-order valence-electron chi connectivity index (χ4n) is 3.91. The molecule has 0 bridgehead atoms. The minimum absolute atomic E-state index is 0.0898. The van der Waals surface area contributed by atoms with Gasteiger partial charge in [0.2, 0.25) is 0 Å². The van der Waals surface area contributed by atoms with Crippen LogP contribution in [0.4, 0.5) is 13.2 Å². The van der Waals surface area contributed by atoms with Gasteiger partial charge in [0, 0.05) is 17.4 Å². The molecule has 8 heteroatoms. The van der Waals surface area contributed by atoms with Crippen molar-refractivity contribution in [2.45, 2.75) is 71.1 Å². The maximum Gasteiger partial charge on any atom is 0.387 e. The Morgan fingerprint density at radius 2 is 1.52 bits per heavy atom. The maximum absolute atomic E-state index is 13.9. The van der Waals surface area contributed by atoms with Crippen LogP contribution < -0.4 is 4.74 Å². The molecule has 0 unspecified atom stereocenters. The molecule has 0 saturated carbocycles. The van der Waals surface area contributed by atoms with Crippen LogP contribution in [-0.4, -0.2) is 39.3 Å². The molecule has 0 aromatic heterocycles. The fraction of sp³-hybridized carbons (Fsp3) is 0.739. The SMILES string of the molecule is CCCCC1COC(CCCCC2COC(c3ccc(OC(F)F)c(F)c3)OC2)OC1. The van der Waals surface area contributed by atoms with Gasteiger partial charge in [0.05, 0.1) is 26.4 Å². The van der Waals surface area contributed by atoms with E-state index in [1.54, 1.807) is 0 Å². The molecule has 31 heavy (non-hydrogen) atoms. The Labute approximate surface area is 182 Å². The highest BCUT2D eigenvalue weighted by Crippen LogP contribution is 2.30. The Morgan fingerprint density at radius 3 is 2.13 bits per heavy atom. The van der Waals surface area contributed by atoms with Crippen molar-refractivity contribution in [2.75, 3.05) is 26.4 Å². The summed E-state index contributed by atoms with van der Waals surface area (Å²) in [5, 5.41) is 0. The fourth-order valence-corrected chi connectivity index (χ4v) is 3.91. The summed E-state index contributed by atoms with van der Waals surface area (Å²) in [7, 11) is 0. The molecule has 2 aliphatic rings. The third-order valence-corrected chi connectivity index (χ3v) is 5.71. The normalized spacial score (nSPS) is 26.9. The summed E-state index contributed by atoms with van der Waals surface area (Å²) in [4.78, 5) is 0. The standard InChI is InChI=1S/C23H33F3O5/c1-2-3-6-16-12-27-21(28-13-16)8-5-4-7-17-14-29-22(30-15-17)18-9-10-20(19(24)11-18)31-23(25)26/h9-11,16-17,21-23H,2-8,12-15H2,1H3. The van der Waals surface area contributed by atoms with E-state index in [9.17, 15) is 13.2 Å². The molecular weight excluding hydrogens is 413 g/mol. The van der Waals surface area contributed by atoms with Gasteiger partial charge in [-0.2, -0.15) is 8.78 Å².